The van der Waals surface area contributed by atoms with Crippen LogP contribution in [0.2, 0.25) is 0 Å². The molecule has 0 unspecified atom stereocenters. The summed E-state index contributed by atoms with van der Waals surface area (Å²) in [5.41, 5.74) is 5.71. The Morgan fingerprint density at radius 3 is 2.44 bits per heavy atom. The smallest absolute Gasteiger partial charge is 0.285 e. The van der Waals surface area contributed by atoms with Crippen molar-refractivity contribution < 1.29 is 13.2 Å². The number of morpholine rings is 1. The molecule has 0 radical (unpaired) electrons. The zero-order chi connectivity index (χ0) is 13.0. The van der Waals surface area contributed by atoms with Gasteiger partial charge < -0.3 is 15.4 Å². The van der Waals surface area contributed by atoms with Gasteiger partial charge in [-0.2, -0.15) is 8.42 Å². The molecule has 1 fully saturated rings. The lowest BCUT2D eigenvalue weighted by Crippen LogP contribution is -2.45. The Morgan fingerprint density at radius 2 is 1.83 bits per heavy atom. The maximum absolute atomic E-state index is 12.0. The Kier molecular flexibility index (Phi) is 3.83. The van der Waals surface area contributed by atoms with Gasteiger partial charge in [0, 0.05) is 13.1 Å². The fraction of sp³-hybridized carbons (Fsp3) is 0.364. The number of hydrogen-bond acceptors (Lipinski definition) is 3. The minimum absolute atomic E-state index is 0.0159. The van der Waals surface area contributed by atoms with Crippen molar-refractivity contribution in [1.29, 1.82) is 0 Å². The van der Waals surface area contributed by atoms with Crippen molar-refractivity contribution in [2.45, 2.75) is 4.90 Å². The normalized spacial score (nSPS) is 17.8. The monoisotopic (exact) mass is 269 g/mol. The largest absolute Gasteiger partial charge is 0.378 e. The zero-order valence-electron chi connectivity index (χ0n) is 9.82. The molecule has 0 spiro atoms. The first-order valence-corrected chi connectivity index (χ1v) is 7.02. The van der Waals surface area contributed by atoms with Crippen LogP contribution in [-0.2, 0) is 14.8 Å². The van der Waals surface area contributed by atoms with Crippen molar-refractivity contribution in [2.75, 3.05) is 26.3 Å². The summed E-state index contributed by atoms with van der Waals surface area (Å²) in [6, 6.07) is 8.02. The molecule has 0 atom stereocenters. The summed E-state index contributed by atoms with van der Waals surface area (Å²) >= 11 is 0. The average molecular weight is 269 g/mol. The molecule has 2 rings (SSSR count). The SMILES string of the molecule is NC(=NS(=O)(=O)c1ccccc1)N1CCOCC1. The molecule has 1 heterocycles. The van der Waals surface area contributed by atoms with E-state index in [1.54, 1.807) is 23.1 Å². The highest BCUT2D eigenvalue weighted by atomic mass is 32.2. The van der Waals surface area contributed by atoms with Crippen LogP contribution in [0.5, 0.6) is 0 Å². The lowest BCUT2D eigenvalue weighted by Gasteiger charge is -2.27. The molecule has 18 heavy (non-hydrogen) atoms. The summed E-state index contributed by atoms with van der Waals surface area (Å²) < 4.78 is 32.7. The van der Waals surface area contributed by atoms with E-state index >= 15 is 0 Å². The molecule has 0 amide bonds. The van der Waals surface area contributed by atoms with Crippen LogP contribution in [0, 0.1) is 0 Å². The van der Waals surface area contributed by atoms with E-state index in [0.717, 1.165) is 0 Å². The number of ether oxygens (including phenoxy) is 1. The molecule has 0 saturated carbocycles. The first-order valence-electron chi connectivity index (χ1n) is 5.58. The van der Waals surface area contributed by atoms with Gasteiger partial charge in [0.05, 0.1) is 18.1 Å². The Morgan fingerprint density at radius 1 is 1.22 bits per heavy atom. The van der Waals surface area contributed by atoms with Gasteiger partial charge in [-0.15, -0.1) is 4.40 Å². The Hall–Kier alpha value is -1.60. The van der Waals surface area contributed by atoms with Crippen molar-refractivity contribution in [3.05, 3.63) is 30.3 Å². The van der Waals surface area contributed by atoms with E-state index in [4.69, 9.17) is 10.5 Å². The molecule has 1 aliphatic heterocycles. The highest BCUT2D eigenvalue weighted by Gasteiger charge is 2.17. The molecular formula is C11H15N3O3S. The molecule has 98 valence electrons. The van der Waals surface area contributed by atoms with Crippen LogP contribution < -0.4 is 5.73 Å². The molecular weight excluding hydrogens is 254 g/mol. The fourth-order valence-electron chi connectivity index (χ4n) is 1.62. The Labute approximate surface area is 106 Å². The van der Waals surface area contributed by atoms with Gasteiger partial charge >= 0.3 is 0 Å². The predicted octanol–water partition coefficient (Wildman–Crippen LogP) is 0.0222. The fourth-order valence-corrected chi connectivity index (χ4v) is 2.59. The van der Waals surface area contributed by atoms with Gasteiger partial charge in [0.1, 0.15) is 0 Å². The van der Waals surface area contributed by atoms with E-state index in [2.05, 4.69) is 4.40 Å². The van der Waals surface area contributed by atoms with Crippen LogP contribution in [0.15, 0.2) is 39.6 Å². The number of rotatable bonds is 2. The second kappa shape index (κ2) is 5.36. The summed E-state index contributed by atoms with van der Waals surface area (Å²) in [6.07, 6.45) is 0. The molecule has 6 nitrogen and oxygen atoms in total. The van der Waals surface area contributed by atoms with Gasteiger partial charge in [-0.05, 0) is 12.1 Å². The highest BCUT2D eigenvalue weighted by molar-refractivity contribution is 7.90. The summed E-state index contributed by atoms with van der Waals surface area (Å²) in [7, 11) is -3.73. The van der Waals surface area contributed by atoms with Crippen molar-refractivity contribution in [2.24, 2.45) is 10.1 Å². The number of guanidine groups is 1. The van der Waals surface area contributed by atoms with E-state index in [0.29, 0.717) is 26.3 Å². The van der Waals surface area contributed by atoms with E-state index < -0.39 is 10.0 Å². The summed E-state index contributed by atoms with van der Waals surface area (Å²) in [6.45, 7) is 2.17. The molecule has 7 heteroatoms. The van der Waals surface area contributed by atoms with Gasteiger partial charge in [0.2, 0.25) is 5.96 Å². The van der Waals surface area contributed by atoms with Gasteiger partial charge in [-0.3, -0.25) is 0 Å². The van der Waals surface area contributed by atoms with Crippen molar-refractivity contribution in [3.63, 3.8) is 0 Å². The van der Waals surface area contributed by atoms with Gasteiger partial charge in [0.25, 0.3) is 10.0 Å². The molecule has 1 aliphatic rings. The lowest BCUT2D eigenvalue weighted by molar-refractivity contribution is 0.0676. The summed E-state index contributed by atoms with van der Waals surface area (Å²) in [5, 5.41) is 0. The first-order chi connectivity index (χ1) is 8.59. The number of nitrogens with zero attached hydrogens (tertiary/aromatic N) is 2. The second-order valence-corrected chi connectivity index (χ2v) is 5.44. The van der Waals surface area contributed by atoms with Crippen molar-refractivity contribution in [3.8, 4) is 0 Å². The molecule has 0 bridgehead atoms. The van der Waals surface area contributed by atoms with Crippen molar-refractivity contribution in [1.82, 2.24) is 4.90 Å². The van der Waals surface area contributed by atoms with Crippen molar-refractivity contribution >= 4 is 16.0 Å². The predicted molar refractivity (Wildman–Crippen MR) is 67.6 cm³/mol. The molecule has 1 saturated heterocycles. The van der Waals surface area contributed by atoms with Gasteiger partial charge in [-0.25, -0.2) is 0 Å². The molecule has 1 aromatic carbocycles. The molecule has 0 aromatic heterocycles. The summed E-state index contributed by atoms with van der Waals surface area (Å²) in [4.78, 5) is 1.84. The van der Waals surface area contributed by atoms with Crippen LogP contribution in [-0.4, -0.2) is 45.6 Å². The van der Waals surface area contributed by atoms with Crippen LogP contribution in [0.4, 0.5) is 0 Å². The minimum atomic E-state index is -3.73. The number of benzene rings is 1. The topological polar surface area (TPSA) is 85.0 Å². The van der Waals surface area contributed by atoms with Gasteiger partial charge in [-0.1, -0.05) is 18.2 Å². The molecule has 2 N–H and O–H groups in total. The minimum Gasteiger partial charge on any atom is -0.378 e. The Bertz CT molecular complexity index is 522. The molecule has 0 aliphatic carbocycles. The van der Waals surface area contributed by atoms with Crippen LogP contribution in [0.25, 0.3) is 0 Å². The number of nitrogens with two attached hydrogens (primary N) is 1. The number of sulfonamides is 1. The third-order valence-corrected chi connectivity index (χ3v) is 3.89. The van der Waals surface area contributed by atoms with Crippen LogP contribution >= 0.6 is 0 Å². The summed E-state index contributed by atoms with van der Waals surface area (Å²) in [5.74, 6) is 0.0159. The van der Waals surface area contributed by atoms with Gasteiger partial charge in [0.15, 0.2) is 0 Å². The Balaban J connectivity index is 2.21. The van der Waals surface area contributed by atoms with E-state index in [1.807, 2.05) is 0 Å². The molecule has 1 aromatic rings. The van der Waals surface area contributed by atoms with E-state index in [-0.39, 0.29) is 10.9 Å². The standard InChI is InChI=1S/C11H15N3O3S/c12-11(14-6-8-17-9-7-14)13-18(15,16)10-4-2-1-3-5-10/h1-5H,6-9H2,(H2,12,13). The van der Waals surface area contributed by atoms with Crippen LogP contribution in [0.3, 0.4) is 0 Å². The average Bonchev–Trinajstić information content (AvgIpc) is 2.40. The van der Waals surface area contributed by atoms with Crippen LogP contribution in [0.1, 0.15) is 0 Å². The van der Waals surface area contributed by atoms with E-state index in [1.165, 1.54) is 12.1 Å². The third-order valence-electron chi connectivity index (χ3n) is 2.59. The maximum atomic E-state index is 12.0. The quantitative estimate of drug-likeness (QED) is 0.604. The number of hydrogen-bond donors (Lipinski definition) is 1. The third kappa shape index (κ3) is 2.99. The second-order valence-electron chi connectivity index (χ2n) is 3.84. The maximum Gasteiger partial charge on any atom is 0.285 e. The zero-order valence-corrected chi connectivity index (χ0v) is 10.6. The lowest BCUT2D eigenvalue weighted by atomic mass is 10.4. The van der Waals surface area contributed by atoms with E-state index in [9.17, 15) is 8.42 Å². The highest BCUT2D eigenvalue weighted by Crippen LogP contribution is 2.11. The first kappa shape index (κ1) is 12.8.